The summed E-state index contributed by atoms with van der Waals surface area (Å²) in [7, 11) is 0. The molecule has 24 heteroatoms. The Morgan fingerprint density at radius 3 is 0.806 bits per heavy atom. The predicted octanol–water partition coefficient (Wildman–Crippen LogP) is 5.23. The third-order valence-electron chi connectivity index (χ3n) is 5.37. The normalized spacial score (nSPS) is 7.77. The predicted molar refractivity (Wildman–Crippen MR) is 215 cm³/mol. The Kier molecular flexibility index (Phi) is 46.8. The molecule has 0 saturated heterocycles. The summed E-state index contributed by atoms with van der Waals surface area (Å²) in [6.07, 6.45) is 7.07. The zero-order valence-electron chi connectivity index (χ0n) is 32.0. The van der Waals surface area contributed by atoms with E-state index in [1.165, 1.54) is 38.1 Å². The van der Waals surface area contributed by atoms with Gasteiger partial charge < -0.3 is 61.4 Å². The number of pyridine rings is 4. The van der Waals surface area contributed by atoms with Crippen molar-refractivity contribution >= 4 is 35.1 Å². The van der Waals surface area contributed by atoms with E-state index in [4.69, 9.17) is 64.4 Å². The van der Waals surface area contributed by atoms with Crippen LogP contribution in [-0.4, -0.2) is 42.0 Å². The van der Waals surface area contributed by atoms with Crippen LogP contribution in [0, 0.1) is 53.3 Å². The van der Waals surface area contributed by atoms with E-state index in [9.17, 15) is 19.8 Å². The number of carboxylic acids is 2. The Balaban J connectivity index is -0.000000151. The Hall–Kier alpha value is -7.10. The minimum Gasteiger partial charge on any atom is -2.00 e. The molecule has 3 N–H and O–H groups in total. The molecule has 0 unspecified atom stereocenters. The van der Waals surface area contributed by atoms with Crippen molar-refractivity contribution in [3.63, 3.8) is 0 Å². The molecule has 324 valence electrons. The van der Waals surface area contributed by atoms with E-state index in [1.807, 2.05) is 72.8 Å². The van der Waals surface area contributed by atoms with Gasteiger partial charge in [0.2, 0.25) is 0 Å². The fraction of sp³-hybridized carbons (Fsp3) is 0.0526. The number of rotatable bonds is 4. The third-order valence-corrected chi connectivity index (χ3v) is 6.03. The second-order valence-electron chi connectivity index (χ2n) is 9.29. The van der Waals surface area contributed by atoms with E-state index in [0.717, 1.165) is 22.8 Å². The molecular weight excluding hydrogens is 941 g/mol. The molecule has 6 aromatic rings. The van der Waals surface area contributed by atoms with Gasteiger partial charge in [-0.25, -0.2) is 0 Å². The maximum atomic E-state index is 10.2. The van der Waals surface area contributed by atoms with Gasteiger partial charge in [-0.3, -0.25) is 19.9 Å². The van der Waals surface area contributed by atoms with Gasteiger partial charge in [-0.05, 0) is 60.7 Å². The molecule has 4 heterocycles. The number of carbonyl (C=O) groups is 2. The monoisotopic (exact) mass is 973 g/mol. The maximum absolute atomic E-state index is 10.2. The molecular formula is C38H33Cl2Mn2N8O12+. The summed E-state index contributed by atoms with van der Waals surface area (Å²) in [5, 5.41) is 65.0. The number of nitriles is 2. The van der Waals surface area contributed by atoms with E-state index in [2.05, 4.69) is 19.9 Å². The molecule has 0 fully saturated rings. The molecule has 62 heavy (non-hydrogen) atoms. The van der Waals surface area contributed by atoms with Crippen molar-refractivity contribution in [3.8, 4) is 34.9 Å². The molecule has 6 rings (SSSR count). The fourth-order valence-corrected chi connectivity index (χ4v) is 3.74. The topological polar surface area (TPSA) is 373 Å². The van der Waals surface area contributed by atoms with Crippen molar-refractivity contribution in [2.75, 3.05) is 0 Å². The number of benzene rings is 2. The Bertz CT molecular complexity index is 1930. The molecule has 0 amide bonds. The number of nitrogens with zero attached hydrogens (tertiary/aromatic N) is 8. The Morgan fingerprint density at radius 1 is 0.500 bits per heavy atom. The van der Waals surface area contributed by atoms with Gasteiger partial charge in [0.15, 0.2) is 0 Å². The van der Waals surface area contributed by atoms with Gasteiger partial charge in [0.05, 0.1) is 57.0 Å². The van der Waals surface area contributed by atoms with Gasteiger partial charge in [0.1, 0.15) is 0 Å². The summed E-state index contributed by atoms with van der Waals surface area (Å²) >= 11 is 11.0. The maximum Gasteiger partial charge on any atom is 3.00 e. The van der Waals surface area contributed by atoms with Crippen LogP contribution >= 0.6 is 23.2 Å². The van der Waals surface area contributed by atoms with Crippen molar-refractivity contribution in [2.45, 2.75) is 13.8 Å². The van der Waals surface area contributed by atoms with E-state index in [-0.39, 0.29) is 66.3 Å². The molecule has 0 radical (unpaired) electrons. The van der Waals surface area contributed by atoms with Crippen LogP contribution in [0.1, 0.15) is 34.6 Å². The minimum atomic E-state index is -1.75. The van der Waals surface area contributed by atoms with Gasteiger partial charge >= 0.3 is 34.1 Å². The van der Waals surface area contributed by atoms with Gasteiger partial charge in [-0.2, -0.15) is 10.5 Å². The van der Waals surface area contributed by atoms with Crippen molar-refractivity contribution in [3.05, 3.63) is 198 Å². The number of hydrogen-bond acceptors (Lipinski definition) is 16. The average molecular weight is 975 g/mol. The van der Waals surface area contributed by atoms with Crippen LogP contribution in [0.2, 0.25) is 10.0 Å². The fourth-order valence-electron chi connectivity index (χ4n) is 3.31. The minimum absolute atomic E-state index is 0. The molecule has 0 saturated carbocycles. The van der Waals surface area contributed by atoms with Crippen LogP contribution in [0.3, 0.4) is 0 Å². The molecule has 0 aliphatic rings. The Morgan fingerprint density at radius 2 is 0.677 bits per heavy atom. The quantitative estimate of drug-likeness (QED) is 0.0944. The van der Waals surface area contributed by atoms with Gasteiger partial charge in [0, 0.05) is 59.8 Å². The summed E-state index contributed by atoms with van der Waals surface area (Å²) in [5.74, 6) is -2.49. The van der Waals surface area contributed by atoms with Crippen LogP contribution in [0.4, 0.5) is 0 Å². The van der Waals surface area contributed by atoms with E-state index in [0.29, 0.717) is 0 Å². The first-order chi connectivity index (χ1) is 27.7. The summed E-state index contributed by atoms with van der Waals surface area (Å²) < 4.78 is 0. The van der Waals surface area contributed by atoms with Crippen LogP contribution < -0.4 is 10.2 Å². The first-order valence-electron chi connectivity index (χ1n) is 15.5. The smallest absolute Gasteiger partial charge is 2.00 e. The molecule has 20 nitrogen and oxygen atoms in total. The molecule has 0 aliphatic carbocycles. The standard InChI is InChI=1S/2C10H8N2.2C7H5ClO2.2C2H3N.2Mn.2NO3.H2O.O/c2*1-3-7-11-9(5-1)10-6-2-4-8-12-10;2*8-6-4-2-1-3-5(6)7(9)10;2*1-2-3;;;2*2-1(3)4;;/h2*1-8H;2*1-4H,(H,9,10);2*1H3;;;;;1H2;/q;;;;;;2*+3;2*-1;;-2/p-1. The van der Waals surface area contributed by atoms with Crippen LogP contribution in [0.15, 0.2) is 146 Å². The molecule has 0 atom stereocenters. The van der Waals surface area contributed by atoms with E-state index >= 15 is 0 Å². The summed E-state index contributed by atoms with van der Waals surface area (Å²) in [5.41, 5.74) is 3.72. The summed E-state index contributed by atoms with van der Waals surface area (Å²) in [4.78, 5) is 53.7. The van der Waals surface area contributed by atoms with Crippen LogP contribution in [0.5, 0.6) is 0 Å². The average Bonchev–Trinajstić information content (AvgIpc) is 3.20. The van der Waals surface area contributed by atoms with Crippen molar-refractivity contribution in [1.29, 1.82) is 10.5 Å². The second-order valence-corrected chi connectivity index (χ2v) is 10.1. The molecule has 2 aromatic carbocycles. The van der Waals surface area contributed by atoms with Crippen molar-refractivity contribution < 1.29 is 75.1 Å². The molecule has 0 spiro atoms. The number of carbonyl (C=O) groups excluding carboxylic acids is 2. The van der Waals surface area contributed by atoms with Crippen LogP contribution in [0.25, 0.3) is 22.8 Å². The van der Waals surface area contributed by atoms with Gasteiger partial charge in [0.25, 0.3) is 0 Å². The number of hydrogen-bond donors (Lipinski definition) is 0. The van der Waals surface area contributed by atoms with Gasteiger partial charge in [-0.1, -0.05) is 83.9 Å². The van der Waals surface area contributed by atoms with Crippen molar-refractivity contribution in [2.24, 2.45) is 0 Å². The van der Waals surface area contributed by atoms with Gasteiger partial charge in [-0.15, -0.1) is 0 Å². The first-order valence-corrected chi connectivity index (χ1v) is 16.2. The number of aromatic nitrogens is 4. The number of aromatic carboxylic acids is 2. The number of carboxylic acid groups (broad SMARTS) is 2. The zero-order chi connectivity index (χ0) is 44.1. The summed E-state index contributed by atoms with van der Waals surface area (Å²) in [6, 6.07) is 39.0. The third kappa shape index (κ3) is 36.0. The van der Waals surface area contributed by atoms with E-state index in [1.54, 1.807) is 61.2 Å². The number of halogens is 2. The van der Waals surface area contributed by atoms with Crippen molar-refractivity contribution in [1.82, 2.24) is 19.9 Å². The van der Waals surface area contributed by atoms with Crippen LogP contribution in [-0.2, 0) is 45.1 Å². The molecule has 4 aromatic heterocycles. The SMILES string of the molecule is CC#N.CC#N.O=C([O-])c1ccccc1Cl.O=C([O-])c1ccccc1Cl.O=[N+]([O-])[O-].O=[N+]([O-])[O-].[Mn+3].[Mn+3].[O-2].[OH3+].c1ccc(-c2ccccn2)nc1.c1ccc(-c2ccccn2)nc1. The largest absolute Gasteiger partial charge is 3.00 e. The zero-order valence-corrected chi connectivity index (χ0v) is 35.9. The van der Waals surface area contributed by atoms with E-state index < -0.39 is 22.1 Å². The Labute approximate surface area is 385 Å². The summed E-state index contributed by atoms with van der Waals surface area (Å²) in [6.45, 7) is 2.86. The molecule has 0 aliphatic heterocycles. The second kappa shape index (κ2) is 43.5. The molecule has 0 bridgehead atoms. The first kappa shape index (κ1) is 66.7.